The summed E-state index contributed by atoms with van der Waals surface area (Å²) in [6.07, 6.45) is 3.61. The molecule has 1 amide bonds. The molecule has 1 unspecified atom stereocenters. The number of nitrogens with zero attached hydrogens (tertiary/aromatic N) is 1. The number of carbonyl (C=O) groups excluding carboxylic acids is 2. The number of hydrogen-bond acceptors (Lipinski definition) is 4. The van der Waals surface area contributed by atoms with Crippen molar-refractivity contribution in [2.75, 3.05) is 20.3 Å². The third kappa shape index (κ3) is 4.00. The Kier molecular flexibility index (Phi) is 5.81. The summed E-state index contributed by atoms with van der Waals surface area (Å²) in [4.78, 5) is 25.4. The number of hydrogen-bond donors (Lipinski definition) is 0. The molecule has 0 radical (unpaired) electrons. The van der Waals surface area contributed by atoms with Crippen LogP contribution in [-0.4, -0.2) is 43.1 Å². The number of esters is 1. The topological polar surface area (TPSA) is 55.8 Å². The minimum atomic E-state index is -0.465. The molecule has 1 aliphatic rings. The van der Waals surface area contributed by atoms with E-state index in [1.807, 2.05) is 24.3 Å². The number of likely N-dealkylation sites (tertiary alicyclic amines) is 1. The van der Waals surface area contributed by atoms with Gasteiger partial charge in [-0.1, -0.05) is 25.5 Å². The Morgan fingerprint density at radius 3 is 2.64 bits per heavy atom. The zero-order valence-corrected chi connectivity index (χ0v) is 13.2. The Bertz CT molecular complexity index is 512. The highest BCUT2D eigenvalue weighted by atomic mass is 16.5. The van der Waals surface area contributed by atoms with Gasteiger partial charge in [-0.25, -0.2) is 4.79 Å². The molecule has 0 N–H and O–H groups in total. The standard InChI is InChI=1S/C17H23NO4/c1-3-5-13-7-9-14(10-8-13)22-12-16(19)18-11-4-6-15(18)17(20)21-2/h7-10,15H,3-6,11-12H2,1-2H3. The molecule has 2 rings (SSSR count). The van der Waals surface area contributed by atoms with Crippen molar-refractivity contribution in [3.63, 3.8) is 0 Å². The lowest BCUT2D eigenvalue weighted by Gasteiger charge is -2.22. The van der Waals surface area contributed by atoms with E-state index < -0.39 is 6.04 Å². The molecule has 1 heterocycles. The summed E-state index contributed by atoms with van der Waals surface area (Å²) in [7, 11) is 1.34. The van der Waals surface area contributed by atoms with Crippen molar-refractivity contribution in [3.8, 4) is 5.75 Å². The van der Waals surface area contributed by atoms with Crippen LogP contribution in [-0.2, 0) is 20.7 Å². The average Bonchev–Trinajstić information content (AvgIpc) is 3.03. The van der Waals surface area contributed by atoms with Gasteiger partial charge in [0.2, 0.25) is 0 Å². The second kappa shape index (κ2) is 7.82. The van der Waals surface area contributed by atoms with Gasteiger partial charge in [0, 0.05) is 6.54 Å². The van der Waals surface area contributed by atoms with Gasteiger partial charge in [-0.3, -0.25) is 4.79 Å². The van der Waals surface area contributed by atoms with Crippen LogP contribution in [0, 0.1) is 0 Å². The van der Waals surface area contributed by atoms with E-state index in [4.69, 9.17) is 9.47 Å². The summed E-state index contributed by atoms with van der Waals surface area (Å²) in [6, 6.07) is 7.31. The van der Waals surface area contributed by atoms with Crippen molar-refractivity contribution in [2.24, 2.45) is 0 Å². The van der Waals surface area contributed by atoms with Crippen molar-refractivity contribution >= 4 is 11.9 Å². The van der Waals surface area contributed by atoms with Gasteiger partial charge in [-0.15, -0.1) is 0 Å². The zero-order chi connectivity index (χ0) is 15.9. The first-order valence-corrected chi connectivity index (χ1v) is 7.74. The van der Waals surface area contributed by atoms with Gasteiger partial charge >= 0.3 is 5.97 Å². The van der Waals surface area contributed by atoms with E-state index >= 15 is 0 Å². The third-order valence-corrected chi connectivity index (χ3v) is 3.87. The first kappa shape index (κ1) is 16.3. The predicted molar refractivity (Wildman–Crippen MR) is 82.7 cm³/mol. The normalized spacial score (nSPS) is 17.4. The summed E-state index contributed by atoms with van der Waals surface area (Å²) in [6.45, 7) is 2.66. The highest BCUT2D eigenvalue weighted by Gasteiger charge is 2.34. The average molecular weight is 305 g/mol. The summed E-state index contributed by atoms with van der Waals surface area (Å²) in [5.74, 6) is 0.141. The quantitative estimate of drug-likeness (QED) is 0.756. The fraction of sp³-hybridized carbons (Fsp3) is 0.529. The lowest BCUT2D eigenvalue weighted by atomic mass is 10.1. The highest BCUT2D eigenvalue weighted by molar-refractivity contribution is 5.85. The molecule has 1 aromatic carbocycles. The Hall–Kier alpha value is -2.04. The maximum atomic E-state index is 12.2. The largest absolute Gasteiger partial charge is 0.484 e. The van der Waals surface area contributed by atoms with Crippen LogP contribution in [0.2, 0.25) is 0 Å². The molecule has 1 atom stereocenters. The second-order valence-electron chi connectivity index (χ2n) is 5.45. The van der Waals surface area contributed by atoms with Crippen molar-refractivity contribution in [1.29, 1.82) is 0 Å². The molecule has 0 aromatic heterocycles. The molecule has 120 valence electrons. The number of amides is 1. The SMILES string of the molecule is CCCc1ccc(OCC(=O)N2CCCC2C(=O)OC)cc1. The van der Waals surface area contributed by atoms with Gasteiger partial charge in [0.1, 0.15) is 11.8 Å². The van der Waals surface area contributed by atoms with E-state index in [9.17, 15) is 9.59 Å². The van der Waals surface area contributed by atoms with E-state index in [1.165, 1.54) is 12.7 Å². The van der Waals surface area contributed by atoms with Crippen LogP contribution in [0.3, 0.4) is 0 Å². The first-order valence-electron chi connectivity index (χ1n) is 7.74. The molecule has 5 nitrogen and oxygen atoms in total. The maximum Gasteiger partial charge on any atom is 0.328 e. The van der Waals surface area contributed by atoms with Crippen molar-refractivity contribution in [1.82, 2.24) is 4.90 Å². The van der Waals surface area contributed by atoms with E-state index in [1.54, 1.807) is 4.90 Å². The second-order valence-corrected chi connectivity index (χ2v) is 5.45. The number of benzene rings is 1. The molecule has 1 saturated heterocycles. The molecule has 22 heavy (non-hydrogen) atoms. The van der Waals surface area contributed by atoms with Crippen LogP contribution in [0.1, 0.15) is 31.7 Å². The molecule has 1 aliphatic heterocycles. The highest BCUT2D eigenvalue weighted by Crippen LogP contribution is 2.19. The zero-order valence-electron chi connectivity index (χ0n) is 13.2. The van der Waals surface area contributed by atoms with Crippen molar-refractivity contribution in [3.05, 3.63) is 29.8 Å². The van der Waals surface area contributed by atoms with Gasteiger partial charge in [0.15, 0.2) is 6.61 Å². The monoisotopic (exact) mass is 305 g/mol. The minimum absolute atomic E-state index is 0.0549. The maximum absolute atomic E-state index is 12.2. The molecular weight excluding hydrogens is 282 g/mol. The molecule has 5 heteroatoms. The molecule has 1 aromatic rings. The minimum Gasteiger partial charge on any atom is -0.484 e. The summed E-state index contributed by atoms with van der Waals surface area (Å²) in [5.41, 5.74) is 1.26. The van der Waals surface area contributed by atoms with E-state index in [2.05, 4.69) is 6.92 Å². The summed E-state index contributed by atoms with van der Waals surface area (Å²) in [5, 5.41) is 0. The van der Waals surface area contributed by atoms with Crippen molar-refractivity contribution in [2.45, 2.75) is 38.6 Å². The molecule has 0 spiro atoms. The number of ether oxygens (including phenoxy) is 2. The Morgan fingerprint density at radius 1 is 1.27 bits per heavy atom. The van der Waals surface area contributed by atoms with Gasteiger partial charge in [-0.2, -0.15) is 0 Å². The van der Waals surface area contributed by atoms with Crippen LogP contribution in [0.25, 0.3) is 0 Å². The molecular formula is C17H23NO4. The fourth-order valence-corrected chi connectivity index (χ4v) is 2.72. The number of aryl methyl sites for hydroxylation is 1. The van der Waals surface area contributed by atoms with E-state index in [0.29, 0.717) is 18.7 Å². The van der Waals surface area contributed by atoms with Crippen LogP contribution < -0.4 is 4.74 Å². The smallest absolute Gasteiger partial charge is 0.328 e. The number of carbonyl (C=O) groups is 2. The van der Waals surface area contributed by atoms with Crippen LogP contribution in [0.5, 0.6) is 5.75 Å². The lowest BCUT2D eigenvalue weighted by molar-refractivity contribution is -0.151. The summed E-state index contributed by atoms with van der Waals surface area (Å²) >= 11 is 0. The van der Waals surface area contributed by atoms with E-state index in [-0.39, 0.29) is 18.5 Å². The first-order chi connectivity index (χ1) is 10.7. The number of methoxy groups -OCH3 is 1. The van der Waals surface area contributed by atoms with Crippen LogP contribution in [0.15, 0.2) is 24.3 Å². The Balaban J connectivity index is 1.88. The van der Waals surface area contributed by atoms with Gasteiger partial charge in [0.25, 0.3) is 5.91 Å². The van der Waals surface area contributed by atoms with Crippen LogP contribution >= 0.6 is 0 Å². The molecule has 1 fully saturated rings. The van der Waals surface area contributed by atoms with Gasteiger partial charge in [0.05, 0.1) is 7.11 Å². The van der Waals surface area contributed by atoms with Crippen LogP contribution in [0.4, 0.5) is 0 Å². The fourth-order valence-electron chi connectivity index (χ4n) is 2.72. The number of rotatable bonds is 6. The van der Waals surface area contributed by atoms with Gasteiger partial charge < -0.3 is 14.4 Å². The van der Waals surface area contributed by atoms with Gasteiger partial charge in [-0.05, 0) is 37.0 Å². The third-order valence-electron chi connectivity index (χ3n) is 3.87. The molecule has 0 saturated carbocycles. The molecule has 0 aliphatic carbocycles. The summed E-state index contributed by atoms with van der Waals surface area (Å²) < 4.78 is 10.3. The van der Waals surface area contributed by atoms with E-state index in [0.717, 1.165) is 19.3 Å². The van der Waals surface area contributed by atoms with Crippen molar-refractivity contribution < 1.29 is 19.1 Å². The predicted octanol–water partition coefficient (Wildman–Crippen LogP) is 2.18. The Morgan fingerprint density at radius 2 is 2.00 bits per heavy atom. The Labute approximate surface area is 131 Å². The lowest BCUT2D eigenvalue weighted by Crippen LogP contribution is -2.43. The molecule has 0 bridgehead atoms.